The predicted octanol–water partition coefficient (Wildman–Crippen LogP) is 6.99. The number of aromatic nitrogens is 4. The molecular weight excluding hydrogens is 497 g/mol. The third-order valence-electron chi connectivity index (χ3n) is 7.51. The number of hydrogen-bond acceptors (Lipinski definition) is 5. The van der Waals surface area contributed by atoms with Gasteiger partial charge >= 0.3 is 0 Å². The number of rotatable bonds is 5. The predicted molar refractivity (Wildman–Crippen MR) is 144 cm³/mol. The first kappa shape index (κ1) is 26.7. The average molecular weight is 532 g/mol. The lowest BCUT2D eigenvalue weighted by molar-refractivity contribution is -0.121. The van der Waals surface area contributed by atoms with Gasteiger partial charge in [0.05, 0.1) is 23.2 Å². The summed E-state index contributed by atoms with van der Waals surface area (Å²) < 4.78 is 23.6. The second kappa shape index (κ2) is 8.60. The summed E-state index contributed by atoms with van der Waals surface area (Å²) in [5.41, 5.74) is 0.800. The summed E-state index contributed by atoms with van der Waals surface area (Å²) in [6, 6.07) is 3.14. The van der Waals surface area contributed by atoms with Crippen molar-refractivity contribution in [3.8, 4) is 0 Å². The largest absolute Gasteiger partial charge is 0.409 e. The molecule has 1 aliphatic heterocycles. The standard InChI is InChI=1S/C26H35ClFN5O2Si/c1-14(2)32-15(3)29-18-12-16(11-17(28)21(18)32)33-23-20(26(7,8)24(33)34)22(27)30-19(31-23)13-35-36(9,10)25(4,5)6/h11-12,14H,13H2,1-10H3. The molecular formula is C26H35ClFN5O2Si. The van der Waals surface area contributed by atoms with Gasteiger partial charge in [0.15, 0.2) is 20.0 Å². The Morgan fingerprint density at radius 2 is 1.81 bits per heavy atom. The summed E-state index contributed by atoms with van der Waals surface area (Å²) in [5.74, 6) is 0.755. The first-order chi connectivity index (χ1) is 16.5. The van der Waals surface area contributed by atoms with Crippen LogP contribution in [0.4, 0.5) is 15.9 Å². The molecule has 4 rings (SSSR count). The Hall–Kier alpha value is -2.36. The molecule has 0 aliphatic carbocycles. The van der Waals surface area contributed by atoms with Crippen LogP contribution in [0, 0.1) is 12.7 Å². The number of imidazole rings is 1. The topological polar surface area (TPSA) is 73.1 Å². The maximum Gasteiger partial charge on any atom is 0.243 e. The molecule has 0 fully saturated rings. The molecule has 0 spiro atoms. The summed E-state index contributed by atoms with van der Waals surface area (Å²) in [6.07, 6.45) is 0. The van der Waals surface area contributed by atoms with Gasteiger partial charge in [-0.25, -0.2) is 19.3 Å². The van der Waals surface area contributed by atoms with Gasteiger partial charge in [0.25, 0.3) is 0 Å². The second-order valence-electron chi connectivity index (χ2n) is 11.9. The van der Waals surface area contributed by atoms with Crippen LogP contribution in [0.1, 0.15) is 71.7 Å². The van der Waals surface area contributed by atoms with Crippen LogP contribution in [0.3, 0.4) is 0 Å². The minimum atomic E-state index is -2.07. The lowest BCUT2D eigenvalue weighted by Crippen LogP contribution is -2.40. The van der Waals surface area contributed by atoms with Gasteiger partial charge in [-0.15, -0.1) is 0 Å². The number of carbonyl (C=O) groups is 1. The molecule has 10 heteroatoms. The molecule has 194 valence electrons. The highest BCUT2D eigenvalue weighted by Gasteiger charge is 2.48. The van der Waals surface area contributed by atoms with Gasteiger partial charge in [-0.3, -0.25) is 9.69 Å². The van der Waals surface area contributed by atoms with E-state index in [1.807, 2.05) is 25.3 Å². The minimum absolute atomic E-state index is 0.0158. The highest BCUT2D eigenvalue weighted by molar-refractivity contribution is 6.74. The summed E-state index contributed by atoms with van der Waals surface area (Å²) in [4.78, 5) is 28.9. The zero-order valence-corrected chi connectivity index (χ0v) is 24.5. The van der Waals surface area contributed by atoms with Crippen molar-refractivity contribution in [1.82, 2.24) is 19.5 Å². The van der Waals surface area contributed by atoms with Gasteiger partial charge in [-0.05, 0) is 58.8 Å². The van der Waals surface area contributed by atoms with E-state index >= 15 is 4.39 Å². The molecule has 36 heavy (non-hydrogen) atoms. The van der Waals surface area contributed by atoms with E-state index in [0.717, 1.165) is 0 Å². The molecule has 0 unspecified atom stereocenters. The highest BCUT2D eigenvalue weighted by atomic mass is 35.5. The number of fused-ring (bicyclic) bond motifs is 2. The van der Waals surface area contributed by atoms with E-state index in [0.29, 0.717) is 39.8 Å². The van der Waals surface area contributed by atoms with Crippen LogP contribution in [0.15, 0.2) is 12.1 Å². The summed E-state index contributed by atoms with van der Waals surface area (Å²) in [6.45, 7) is 20.3. The van der Waals surface area contributed by atoms with Gasteiger partial charge in [0.1, 0.15) is 22.3 Å². The van der Waals surface area contributed by atoms with Crippen molar-refractivity contribution in [2.75, 3.05) is 4.90 Å². The van der Waals surface area contributed by atoms with Gasteiger partial charge in [-0.1, -0.05) is 32.4 Å². The van der Waals surface area contributed by atoms with Crippen molar-refractivity contribution >= 4 is 48.4 Å². The smallest absolute Gasteiger partial charge is 0.243 e. The molecule has 1 amide bonds. The van der Waals surface area contributed by atoms with Gasteiger partial charge in [0, 0.05) is 17.7 Å². The van der Waals surface area contributed by atoms with E-state index in [2.05, 4.69) is 43.8 Å². The number of halogens is 2. The van der Waals surface area contributed by atoms with E-state index < -0.39 is 19.5 Å². The maximum absolute atomic E-state index is 15.5. The molecule has 0 N–H and O–H groups in total. The number of aryl methyl sites for hydroxylation is 1. The van der Waals surface area contributed by atoms with Crippen LogP contribution in [0.5, 0.6) is 0 Å². The zero-order valence-electron chi connectivity index (χ0n) is 22.7. The molecule has 2 aromatic heterocycles. The van der Waals surface area contributed by atoms with Gasteiger partial charge in [-0.2, -0.15) is 0 Å². The van der Waals surface area contributed by atoms with Crippen molar-refractivity contribution in [2.24, 2.45) is 0 Å². The van der Waals surface area contributed by atoms with Crippen molar-refractivity contribution in [3.63, 3.8) is 0 Å². The Bertz CT molecular complexity index is 1380. The Balaban J connectivity index is 1.83. The average Bonchev–Trinajstić information content (AvgIpc) is 3.17. The van der Waals surface area contributed by atoms with Crippen LogP contribution in [0.25, 0.3) is 11.0 Å². The fraction of sp³-hybridized carbons (Fsp3) is 0.538. The highest BCUT2D eigenvalue weighted by Crippen LogP contribution is 2.47. The zero-order chi connectivity index (χ0) is 27.0. The fourth-order valence-electron chi connectivity index (χ4n) is 4.46. The summed E-state index contributed by atoms with van der Waals surface area (Å²) in [5, 5.41) is 0.221. The molecule has 3 aromatic rings. The van der Waals surface area contributed by atoms with Crippen molar-refractivity contribution in [3.05, 3.63) is 40.3 Å². The number of hydrogen-bond donors (Lipinski definition) is 0. The van der Waals surface area contributed by atoms with Crippen LogP contribution < -0.4 is 4.90 Å². The first-order valence-corrected chi connectivity index (χ1v) is 15.5. The molecule has 7 nitrogen and oxygen atoms in total. The van der Waals surface area contributed by atoms with Crippen LogP contribution in [-0.4, -0.2) is 33.7 Å². The normalized spacial score (nSPS) is 15.9. The quantitative estimate of drug-likeness (QED) is 0.262. The van der Waals surface area contributed by atoms with E-state index in [-0.39, 0.29) is 28.7 Å². The minimum Gasteiger partial charge on any atom is -0.409 e. The molecule has 1 aromatic carbocycles. The number of anilines is 2. The van der Waals surface area contributed by atoms with Crippen LogP contribution in [-0.2, 0) is 21.2 Å². The molecule has 0 saturated carbocycles. The van der Waals surface area contributed by atoms with Crippen LogP contribution in [0.2, 0.25) is 23.3 Å². The van der Waals surface area contributed by atoms with Crippen molar-refractivity contribution in [2.45, 2.75) is 91.6 Å². The Kier molecular flexibility index (Phi) is 6.38. The van der Waals surface area contributed by atoms with E-state index in [4.69, 9.17) is 21.0 Å². The number of nitrogens with zero attached hydrogens (tertiary/aromatic N) is 5. The SMILES string of the molecule is Cc1nc2cc(N3C(=O)C(C)(C)c4c(Cl)nc(CO[Si](C)(C)C(C)(C)C)nc43)cc(F)c2n1C(C)C. The number of amides is 1. The van der Waals surface area contributed by atoms with E-state index in [1.165, 1.54) is 11.0 Å². The van der Waals surface area contributed by atoms with Gasteiger partial charge < -0.3 is 8.99 Å². The number of carbonyl (C=O) groups excluding carboxylic acids is 1. The molecule has 0 radical (unpaired) electrons. The second-order valence-corrected chi connectivity index (χ2v) is 17.0. The molecule has 3 heterocycles. The lowest BCUT2D eigenvalue weighted by atomic mass is 9.88. The molecule has 0 bridgehead atoms. The fourth-order valence-corrected chi connectivity index (χ4v) is 5.80. The van der Waals surface area contributed by atoms with Gasteiger partial charge in [0.2, 0.25) is 5.91 Å². The van der Waals surface area contributed by atoms with E-state index in [9.17, 15) is 4.79 Å². The Morgan fingerprint density at radius 3 is 2.39 bits per heavy atom. The Morgan fingerprint density at radius 1 is 1.17 bits per heavy atom. The molecule has 0 atom stereocenters. The third kappa shape index (κ3) is 4.15. The molecule has 0 saturated heterocycles. The van der Waals surface area contributed by atoms with Crippen molar-refractivity contribution in [1.29, 1.82) is 0 Å². The summed E-state index contributed by atoms with van der Waals surface area (Å²) >= 11 is 6.64. The van der Waals surface area contributed by atoms with Crippen molar-refractivity contribution < 1.29 is 13.6 Å². The number of benzene rings is 1. The maximum atomic E-state index is 15.5. The first-order valence-electron chi connectivity index (χ1n) is 12.2. The Labute approximate surface area is 218 Å². The van der Waals surface area contributed by atoms with E-state index in [1.54, 1.807) is 19.9 Å². The van der Waals surface area contributed by atoms with Crippen LogP contribution >= 0.6 is 11.6 Å². The third-order valence-corrected chi connectivity index (χ3v) is 12.3. The lowest BCUT2D eigenvalue weighted by Gasteiger charge is -2.35. The molecule has 1 aliphatic rings. The summed E-state index contributed by atoms with van der Waals surface area (Å²) in [7, 11) is -2.07. The monoisotopic (exact) mass is 531 g/mol.